The maximum Gasteiger partial charge on any atom is 0.216 e. The van der Waals surface area contributed by atoms with Crippen molar-refractivity contribution in [3.05, 3.63) is 53.7 Å². The molecule has 1 aromatic heterocycles. The Kier molecular flexibility index (Phi) is 3.19. The quantitative estimate of drug-likeness (QED) is 0.768. The largest absolute Gasteiger partial charge is 0.497 e. The van der Waals surface area contributed by atoms with E-state index >= 15 is 0 Å². The topological polar surface area (TPSA) is 87.1 Å². The molecule has 4 rings (SSSR count). The maximum atomic E-state index is 13.1. The molecule has 0 saturated heterocycles. The molecule has 124 valence electrons. The van der Waals surface area contributed by atoms with E-state index in [1.54, 1.807) is 31.5 Å². The number of H-pyrrole nitrogens is 1. The number of aromatic amines is 1. The molecule has 0 radical (unpaired) electrons. The predicted molar refractivity (Wildman–Crippen MR) is 93.1 cm³/mol. The first-order valence-corrected chi connectivity index (χ1v) is 7.71. The summed E-state index contributed by atoms with van der Waals surface area (Å²) in [5.41, 5.74) is 0.972. The number of fused-ring (bicyclic) bond motifs is 2. The molecule has 6 heteroatoms. The molecule has 1 aliphatic heterocycles. The van der Waals surface area contributed by atoms with Crippen molar-refractivity contribution in [3.8, 4) is 17.6 Å². The van der Waals surface area contributed by atoms with E-state index in [4.69, 9.17) is 9.47 Å². The number of nitrogens with one attached hydrogen (secondary N) is 2. The van der Waals surface area contributed by atoms with Crippen LogP contribution in [0.1, 0.15) is 15.9 Å². The number of ether oxygens (including phenoxy) is 2. The molecule has 2 aromatic carbocycles. The third kappa shape index (κ3) is 1.99. The molecule has 25 heavy (non-hydrogen) atoms. The number of hydrogen-bond donors (Lipinski definition) is 2. The smallest absolute Gasteiger partial charge is 0.216 e. The van der Waals surface area contributed by atoms with Crippen molar-refractivity contribution in [3.63, 3.8) is 0 Å². The van der Waals surface area contributed by atoms with Crippen LogP contribution in [0.5, 0.6) is 11.5 Å². The molecule has 0 saturated carbocycles. The number of aromatic nitrogens is 1. The SMILES string of the molecule is COc1ccc2c(c1)C(=O)C(C#N)(c1c[nH]c3ccc(OC)cc13)N2. The van der Waals surface area contributed by atoms with E-state index in [1.807, 2.05) is 18.2 Å². The number of nitriles is 1. The summed E-state index contributed by atoms with van der Waals surface area (Å²) in [5, 5.41) is 13.8. The van der Waals surface area contributed by atoms with Crippen molar-refractivity contribution in [1.82, 2.24) is 4.98 Å². The fourth-order valence-electron chi connectivity index (χ4n) is 3.27. The average molecular weight is 333 g/mol. The van der Waals surface area contributed by atoms with Crippen LogP contribution in [0.4, 0.5) is 5.69 Å². The molecule has 3 aromatic rings. The molecule has 2 heterocycles. The van der Waals surface area contributed by atoms with E-state index in [1.165, 1.54) is 7.11 Å². The summed E-state index contributed by atoms with van der Waals surface area (Å²) < 4.78 is 10.5. The first-order chi connectivity index (χ1) is 12.1. The lowest BCUT2D eigenvalue weighted by atomic mass is 9.87. The average Bonchev–Trinajstić information content (AvgIpc) is 3.20. The zero-order valence-electron chi connectivity index (χ0n) is 13.7. The van der Waals surface area contributed by atoms with Gasteiger partial charge in [-0.05, 0) is 36.4 Å². The Labute approximate surface area is 144 Å². The van der Waals surface area contributed by atoms with Gasteiger partial charge in [-0.2, -0.15) is 5.26 Å². The Bertz CT molecular complexity index is 1050. The molecule has 0 fully saturated rings. The number of Topliss-reactive ketones (excluding diaryl/α,β-unsaturated/α-hetero) is 1. The number of nitrogens with zero attached hydrogens (tertiary/aromatic N) is 1. The number of benzene rings is 2. The van der Waals surface area contributed by atoms with Gasteiger partial charge < -0.3 is 19.8 Å². The monoisotopic (exact) mass is 333 g/mol. The van der Waals surface area contributed by atoms with Crippen molar-refractivity contribution in [2.45, 2.75) is 5.54 Å². The van der Waals surface area contributed by atoms with Gasteiger partial charge >= 0.3 is 0 Å². The molecule has 6 nitrogen and oxygen atoms in total. The number of carbonyl (C=O) groups is 1. The van der Waals surface area contributed by atoms with Crippen LogP contribution in [-0.4, -0.2) is 25.0 Å². The zero-order chi connectivity index (χ0) is 17.6. The summed E-state index contributed by atoms with van der Waals surface area (Å²) >= 11 is 0. The summed E-state index contributed by atoms with van der Waals surface area (Å²) in [4.78, 5) is 16.3. The molecule has 0 bridgehead atoms. The lowest BCUT2D eigenvalue weighted by Gasteiger charge is -2.20. The minimum Gasteiger partial charge on any atom is -0.497 e. The summed E-state index contributed by atoms with van der Waals surface area (Å²) in [5.74, 6) is 0.932. The number of anilines is 1. The van der Waals surface area contributed by atoms with Crippen LogP contribution < -0.4 is 14.8 Å². The summed E-state index contributed by atoms with van der Waals surface area (Å²) in [6.07, 6.45) is 1.70. The molecular formula is C19H15N3O3. The van der Waals surface area contributed by atoms with Crippen LogP contribution in [0, 0.1) is 11.3 Å². The Morgan fingerprint density at radius 3 is 2.52 bits per heavy atom. The van der Waals surface area contributed by atoms with Gasteiger partial charge in [0.2, 0.25) is 11.3 Å². The highest BCUT2D eigenvalue weighted by molar-refractivity contribution is 6.17. The van der Waals surface area contributed by atoms with E-state index in [0.717, 1.165) is 10.9 Å². The molecule has 0 aliphatic carbocycles. The fourth-order valence-corrected chi connectivity index (χ4v) is 3.27. The second-order valence-electron chi connectivity index (χ2n) is 5.84. The number of ketones is 1. The van der Waals surface area contributed by atoms with Crippen LogP contribution in [-0.2, 0) is 5.54 Å². The lowest BCUT2D eigenvalue weighted by Crippen LogP contribution is -2.36. The molecule has 1 unspecified atom stereocenters. The van der Waals surface area contributed by atoms with Crippen molar-refractivity contribution in [1.29, 1.82) is 5.26 Å². The van der Waals surface area contributed by atoms with Crippen molar-refractivity contribution in [2.24, 2.45) is 0 Å². The van der Waals surface area contributed by atoms with Gasteiger partial charge in [0.05, 0.1) is 14.2 Å². The first-order valence-electron chi connectivity index (χ1n) is 7.71. The minimum atomic E-state index is -1.49. The lowest BCUT2D eigenvalue weighted by molar-refractivity contribution is 0.0949. The Hall–Kier alpha value is -3.46. The first kappa shape index (κ1) is 15.1. The number of methoxy groups -OCH3 is 2. The number of hydrogen-bond acceptors (Lipinski definition) is 5. The molecule has 0 amide bonds. The van der Waals surface area contributed by atoms with Crippen LogP contribution in [0.2, 0.25) is 0 Å². The standard InChI is InChI=1S/C19H15N3O3/c1-24-11-3-5-16-13(7-11)15(9-21-16)19(10-20)18(23)14-8-12(25-2)4-6-17(14)22-19/h3-9,21-22H,1-2H3. The summed E-state index contributed by atoms with van der Waals surface area (Å²) in [6, 6.07) is 12.8. The highest BCUT2D eigenvalue weighted by Gasteiger charge is 2.49. The zero-order valence-corrected chi connectivity index (χ0v) is 13.7. The molecule has 0 spiro atoms. The van der Waals surface area contributed by atoms with Gasteiger partial charge in [-0.25, -0.2) is 0 Å². The van der Waals surface area contributed by atoms with Crippen LogP contribution in [0.15, 0.2) is 42.6 Å². The van der Waals surface area contributed by atoms with Crippen molar-refractivity contribution in [2.75, 3.05) is 19.5 Å². The molecule has 1 aliphatic rings. The Balaban J connectivity index is 1.92. The van der Waals surface area contributed by atoms with Gasteiger partial charge in [-0.3, -0.25) is 4.79 Å². The van der Waals surface area contributed by atoms with Gasteiger partial charge in [0.1, 0.15) is 17.6 Å². The highest BCUT2D eigenvalue weighted by atomic mass is 16.5. The molecule has 1 atom stereocenters. The third-order valence-electron chi connectivity index (χ3n) is 4.59. The van der Waals surface area contributed by atoms with E-state index in [9.17, 15) is 10.1 Å². The highest BCUT2D eigenvalue weighted by Crippen LogP contribution is 2.43. The maximum absolute atomic E-state index is 13.1. The van der Waals surface area contributed by atoms with Gasteiger partial charge in [-0.1, -0.05) is 0 Å². The predicted octanol–water partition coefficient (Wildman–Crippen LogP) is 3.21. The molecular weight excluding hydrogens is 318 g/mol. The number of rotatable bonds is 3. The summed E-state index contributed by atoms with van der Waals surface area (Å²) in [6.45, 7) is 0. The van der Waals surface area contributed by atoms with Crippen molar-refractivity contribution >= 4 is 22.4 Å². The normalized spacial score (nSPS) is 18.5. The van der Waals surface area contributed by atoms with Gasteiger partial charge in [0.15, 0.2) is 0 Å². The van der Waals surface area contributed by atoms with Crippen LogP contribution >= 0.6 is 0 Å². The van der Waals surface area contributed by atoms with E-state index in [-0.39, 0.29) is 5.78 Å². The Morgan fingerprint density at radius 2 is 1.80 bits per heavy atom. The molecule has 2 N–H and O–H groups in total. The van der Waals surface area contributed by atoms with Crippen LogP contribution in [0.25, 0.3) is 10.9 Å². The Morgan fingerprint density at radius 1 is 1.08 bits per heavy atom. The van der Waals surface area contributed by atoms with Gasteiger partial charge in [0.25, 0.3) is 0 Å². The van der Waals surface area contributed by atoms with Crippen molar-refractivity contribution < 1.29 is 14.3 Å². The van der Waals surface area contributed by atoms with Crippen LogP contribution in [0.3, 0.4) is 0 Å². The van der Waals surface area contributed by atoms with Gasteiger partial charge in [0, 0.05) is 33.9 Å². The minimum absolute atomic E-state index is 0.299. The van der Waals surface area contributed by atoms with E-state index < -0.39 is 5.54 Å². The number of carbonyl (C=O) groups excluding carboxylic acids is 1. The van der Waals surface area contributed by atoms with E-state index in [2.05, 4.69) is 16.4 Å². The fraction of sp³-hybridized carbons (Fsp3) is 0.158. The van der Waals surface area contributed by atoms with Gasteiger partial charge in [-0.15, -0.1) is 0 Å². The summed E-state index contributed by atoms with van der Waals surface area (Å²) in [7, 11) is 3.12. The second kappa shape index (κ2) is 5.28. The third-order valence-corrected chi connectivity index (χ3v) is 4.59. The second-order valence-corrected chi connectivity index (χ2v) is 5.84. The van der Waals surface area contributed by atoms with E-state index in [0.29, 0.717) is 28.3 Å².